The van der Waals surface area contributed by atoms with Gasteiger partial charge in [0.15, 0.2) is 11.4 Å². The van der Waals surface area contributed by atoms with Crippen LogP contribution in [0.1, 0.15) is 28.3 Å². The molecule has 1 N–H and O–H groups in total. The molecule has 1 unspecified atom stereocenters. The highest BCUT2D eigenvalue weighted by Crippen LogP contribution is 2.40. The summed E-state index contributed by atoms with van der Waals surface area (Å²) < 4.78 is 43.0. The Morgan fingerprint density at radius 3 is 2.44 bits per heavy atom. The Hall–Kier alpha value is -2.06. The first-order valence-corrected chi connectivity index (χ1v) is 11.5. The molecule has 176 valence electrons. The first kappa shape index (κ1) is 25.0. The molecule has 0 aliphatic heterocycles. The summed E-state index contributed by atoms with van der Waals surface area (Å²) in [7, 11) is 0. The zero-order valence-corrected chi connectivity index (χ0v) is 21.0. The lowest BCUT2D eigenvalue weighted by Gasteiger charge is -2.25. The Morgan fingerprint density at radius 2 is 1.79 bits per heavy atom. The summed E-state index contributed by atoms with van der Waals surface area (Å²) >= 11 is 20.1. The zero-order chi connectivity index (χ0) is 24.7. The van der Waals surface area contributed by atoms with Crippen LogP contribution in [-0.2, 0) is 18.3 Å². The van der Waals surface area contributed by atoms with Crippen molar-refractivity contribution in [3.8, 4) is 0 Å². The van der Waals surface area contributed by atoms with Crippen LogP contribution < -0.4 is 0 Å². The highest BCUT2D eigenvalue weighted by atomic mass is 127. The van der Waals surface area contributed by atoms with Crippen LogP contribution in [0.25, 0.3) is 0 Å². The maximum absolute atomic E-state index is 14.0. The highest BCUT2D eigenvalue weighted by molar-refractivity contribution is 14.1. The van der Waals surface area contributed by atoms with E-state index in [9.17, 15) is 18.3 Å². The smallest absolute Gasteiger partial charge is 0.372 e. The molecule has 0 fully saturated rings. The van der Waals surface area contributed by atoms with Crippen molar-refractivity contribution in [2.45, 2.75) is 18.3 Å². The molecule has 1 atom stereocenters. The standard InChI is InChI=1S/C20H11Cl3F3IN6O/c21-11-3-1-2-10(4-11)8-33-15(20(24,25)26)5-14(32-33)19(34,12-6-28-9-30-16(12)22)18-29-7-13(27)17(23)31-18/h1-7,9,34H,8H2. The van der Waals surface area contributed by atoms with E-state index in [-0.39, 0.29) is 28.2 Å². The van der Waals surface area contributed by atoms with E-state index in [0.29, 0.717) is 24.9 Å². The molecule has 7 nitrogen and oxygen atoms in total. The van der Waals surface area contributed by atoms with Gasteiger partial charge in [0, 0.05) is 17.4 Å². The summed E-state index contributed by atoms with van der Waals surface area (Å²) in [5.41, 5.74) is -3.73. The number of rotatable bonds is 5. The molecule has 0 saturated heterocycles. The first-order chi connectivity index (χ1) is 16.0. The molecule has 14 heteroatoms. The van der Waals surface area contributed by atoms with E-state index < -0.39 is 23.2 Å². The quantitative estimate of drug-likeness (QED) is 0.233. The van der Waals surface area contributed by atoms with Crippen LogP contribution >= 0.6 is 57.4 Å². The maximum atomic E-state index is 14.0. The number of hydrogen-bond acceptors (Lipinski definition) is 6. The summed E-state index contributed by atoms with van der Waals surface area (Å²) in [6.07, 6.45) is -1.23. The van der Waals surface area contributed by atoms with Crippen LogP contribution in [0.5, 0.6) is 0 Å². The Labute approximate surface area is 219 Å². The van der Waals surface area contributed by atoms with E-state index in [2.05, 4.69) is 25.0 Å². The molecule has 4 rings (SSSR count). The van der Waals surface area contributed by atoms with Gasteiger partial charge in [0.25, 0.3) is 0 Å². The van der Waals surface area contributed by atoms with Crippen molar-refractivity contribution < 1.29 is 18.3 Å². The average molecular weight is 642 g/mol. The molecule has 4 aromatic rings. The summed E-state index contributed by atoms with van der Waals surface area (Å²) in [5.74, 6) is -0.351. The summed E-state index contributed by atoms with van der Waals surface area (Å²) in [6, 6.07) is 7.01. The van der Waals surface area contributed by atoms with Gasteiger partial charge in [-0.25, -0.2) is 19.9 Å². The molecule has 0 radical (unpaired) electrons. The predicted molar refractivity (Wildman–Crippen MR) is 127 cm³/mol. The number of hydrogen-bond donors (Lipinski definition) is 1. The Bertz CT molecular complexity index is 1370. The van der Waals surface area contributed by atoms with E-state index in [1.807, 2.05) is 22.6 Å². The monoisotopic (exact) mass is 640 g/mol. The summed E-state index contributed by atoms with van der Waals surface area (Å²) in [6.45, 7) is -0.279. The molecule has 3 aromatic heterocycles. The molecule has 1 aromatic carbocycles. The molecule has 34 heavy (non-hydrogen) atoms. The summed E-state index contributed by atoms with van der Waals surface area (Å²) in [4.78, 5) is 15.8. The molecule has 0 amide bonds. The second kappa shape index (κ2) is 9.53. The second-order valence-electron chi connectivity index (χ2n) is 6.97. The van der Waals surface area contributed by atoms with E-state index >= 15 is 0 Å². The van der Waals surface area contributed by atoms with E-state index in [4.69, 9.17) is 34.8 Å². The number of halogens is 7. The number of aromatic nitrogens is 6. The molecule has 0 saturated carbocycles. The van der Waals surface area contributed by atoms with Crippen molar-refractivity contribution in [2.75, 3.05) is 0 Å². The van der Waals surface area contributed by atoms with E-state index in [0.717, 1.165) is 12.5 Å². The third-order valence-electron chi connectivity index (χ3n) is 4.74. The molecule has 3 heterocycles. The first-order valence-electron chi connectivity index (χ1n) is 9.27. The maximum Gasteiger partial charge on any atom is 0.433 e. The highest BCUT2D eigenvalue weighted by Gasteiger charge is 2.45. The SMILES string of the molecule is OC(c1cc(C(F)(F)F)n(Cc2cccc(Cl)c2)n1)(c1ncc(I)c(Cl)n1)c1cncnc1Cl. The van der Waals surface area contributed by atoms with Crippen LogP contribution in [0.4, 0.5) is 13.2 Å². The normalized spacial score (nSPS) is 13.6. The van der Waals surface area contributed by atoms with Crippen LogP contribution in [0.3, 0.4) is 0 Å². The lowest BCUT2D eigenvalue weighted by molar-refractivity contribution is -0.144. The molecule has 0 bridgehead atoms. The van der Waals surface area contributed by atoms with Gasteiger partial charge >= 0.3 is 6.18 Å². The third-order valence-corrected chi connectivity index (χ3v) is 6.67. The van der Waals surface area contributed by atoms with Crippen molar-refractivity contribution in [1.29, 1.82) is 0 Å². The van der Waals surface area contributed by atoms with Crippen LogP contribution in [0.15, 0.2) is 49.1 Å². The van der Waals surface area contributed by atoms with Crippen molar-refractivity contribution in [1.82, 2.24) is 29.7 Å². The fraction of sp³-hybridized carbons (Fsp3) is 0.150. The molecule has 0 aliphatic carbocycles. The van der Waals surface area contributed by atoms with Gasteiger partial charge in [0.1, 0.15) is 28.0 Å². The minimum absolute atomic E-state index is 0.0219. The third kappa shape index (κ3) is 4.85. The van der Waals surface area contributed by atoms with Crippen LogP contribution in [0.2, 0.25) is 15.3 Å². The predicted octanol–water partition coefficient (Wildman–Crippen LogP) is 5.38. The minimum atomic E-state index is -4.80. The van der Waals surface area contributed by atoms with Crippen molar-refractivity contribution >= 4 is 57.4 Å². The van der Waals surface area contributed by atoms with Crippen molar-refractivity contribution in [3.63, 3.8) is 0 Å². The van der Waals surface area contributed by atoms with Crippen LogP contribution in [0, 0.1) is 3.57 Å². The second-order valence-corrected chi connectivity index (χ2v) is 9.28. The van der Waals surface area contributed by atoms with Gasteiger partial charge in [-0.15, -0.1) is 0 Å². The van der Waals surface area contributed by atoms with Gasteiger partial charge in [0.05, 0.1) is 15.7 Å². The molecular formula is C20H11Cl3F3IN6O. The summed E-state index contributed by atoms with van der Waals surface area (Å²) in [5, 5.41) is 16.0. The lowest BCUT2D eigenvalue weighted by atomic mass is 9.91. The number of aliphatic hydroxyl groups is 1. The topological polar surface area (TPSA) is 89.6 Å². The minimum Gasteiger partial charge on any atom is -0.372 e. The lowest BCUT2D eigenvalue weighted by Crippen LogP contribution is -2.33. The fourth-order valence-electron chi connectivity index (χ4n) is 3.20. The number of nitrogens with zero attached hydrogens (tertiary/aromatic N) is 6. The zero-order valence-electron chi connectivity index (χ0n) is 16.6. The Morgan fingerprint density at radius 1 is 1.03 bits per heavy atom. The Kier molecular flexibility index (Phi) is 7.02. The Balaban J connectivity index is 1.95. The number of benzene rings is 1. The van der Waals surface area contributed by atoms with Crippen molar-refractivity contribution in [3.05, 3.63) is 96.3 Å². The molecular weight excluding hydrogens is 631 g/mol. The van der Waals surface area contributed by atoms with Crippen LogP contribution in [-0.4, -0.2) is 34.8 Å². The van der Waals surface area contributed by atoms with E-state index in [1.54, 1.807) is 18.2 Å². The van der Waals surface area contributed by atoms with Gasteiger partial charge in [0.2, 0.25) is 0 Å². The average Bonchev–Trinajstić information content (AvgIpc) is 3.20. The van der Waals surface area contributed by atoms with Gasteiger partial charge in [-0.2, -0.15) is 18.3 Å². The van der Waals surface area contributed by atoms with E-state index in [1.165, 1.54) is 12.3 Å². The van der Waals surface area contributed by atoms with Gasteiger partial charge in [-0.05, 0) is 46.4 Å². The van der Waals surface area contributed by atoms with Gasteiger partial charge in [-0.3, -0.25) is 4.68 Å². The van der Waals surface area contributed by atoms with Crippen molar-refractivity contribution in [2.24, 2.45) is 0 Å². The van der Waals surface area contributed by atoms with Gasteiger partial charge in [-0.1, -0.05) is 46.9 Å². The fourth-order valence-corrected chi connectivity index (χ4v) is 4.03. The molecule has 0 aliphatic rings. The van der Waals surface area contributed by atoms with Gasteiger partial charge < -0.3 is 5.11 Å². The number of alkyl halides is 3. The largest absolute Gasteiger partial charge is 0.433 e. The molecule has 0 spiro atoms.